The monoisotopic (exact) mass is 395 g/mol. The van der Waals surface area contributed by atoms with Crippen LogP contribution >= 0.6 is 0 Å². The second-order valence-corrected chi connectivity index (χ2v) is 8.07. The highest BCUT2D eigenvalue weighted by molar-refractivity contribution is 5.80. The number of fused-ring (bicyclic) bond motifs is 1. The van der Waals surface area contributed by atoms with Crippen LogP contribution in [-0.4, -0.2) is 24.7 Å². The van der Waals surface area contributed by atoms with Gasteiger partial charge in [0.05, 0.1) is 6.10 Å². The molecule has 156 valence electrons. The van der Waals surface area contributed by atoms with Gasteiger partial charge in [0.1, 0.15) is 11.5 Å². The molecule has 0 bridgehead atoms. The standard InChI is InChI=1S/C25H33NO3/c1-18(2)28-22-13-6-9-20(17-22)10-8-16-26-25(27)19(3)29-24-15-7-12-21-11-4-5-14-23(21)24/h6-7,9,12-13,15,17-19H,4-5,8,10-11,14,16H2,1-3H3,(H,26,27). The molecule has 4 heteroatoms. The number of hydrogen-bond acceptors (Lipinski definition) is 3. The van der Waals surface area contributed by atoms with E-state index in [9.17, 15) is 4.79 Å². The molecule has 2 aromatic carbocycles. The lowest BCUT2D eigenvalue weighted by molar-refractivity contribution is -0.127. The summed E-state index contributed by atoms with van der Waals surface area (Å²) in [5.41, 5.74) is 3.87. The van der Waals surface area contributed by atoms with Crippen molar-refractivity contribution in [3.8, 4) is 11.5 Å². The normalized spacial score (nSPS) is 14.2. The first-order valence-electron chi connectivity index (χ1n) is 10.8. The number of rotatable bonds is 9. The highest BCUT2D eigenvalue weighted by atomic mass is 16.5. The molecule has 0 saturated heterocycles. The maximum absolute atomic E-state index is 12.4. The van der Waals surface area contributed by atoms with E-state index in [1.807, 2.05) is 45.0 Å². The van der Waals surface area contributed by atoms with Crippen LogP contribution in [0.5, 0.6) is 11.5 Å². The van der Waals surface area contributed by atoms with Crippen molar-refractivity contribution >= 4 is 5.91 Å². The Balaban J connectivity index is 1.44. The molecule has 0 saturated carbocycles. The van der Waals surface area contributed by atoms with E-state index in [1.54, 1.807) is 0 Å². The molecule has 1 atom stereocenters. The van der Waals surface area contributed by atoms with Gasteiger partial charge in [0, 0.05) is 6.54 Å². The Morgan fingerprint density at radius 1 is 1.03 bits per heavy atom. The second-order valence-electron chi connectivity index (χ2n) is 8.07. The third-order valence-electron chi connectivity index (χ3n) is 5.24. The van der Waals surface area contributed by atoms with Crippen molar-refractivity contribution in [3.63, 3.8) is 0 Å². The Hall–Kier alpha value is -2.49. The van der Waals surface area contributed by atoms with E-state index in [1.165, 1.54) is 29.5 Å². The third-order valence-corrected chi connectivity index (χ3v) is 5.24. The van der Waals surface area contributed by atoms with Crippen molar-refractivity contribution in [2.45, 2.75) is 71.5 Å². The first kappa shape index (κ1) is 21.2. The molecule has 3 rings (SSSR count). The largest absolute Gasteiger partial charge is 0.491 e. The molecule has 1 unspecified atom stereocenters. The zero-order valence-electron chi connectivity index (χ0n) is 17.9. The Bertz CT molecular complexity index is 815. The van der Waals surface area contributed by atoms with Gasteiger partial charge in [-0.1, -0.05) is 24.3 Å². The average molecular weight is 396 g/mol. The summed E-state index contributed by atoms with van der Waals surface area (Å²) >= 11 is 0. The van der Waals surface area contributed by atoms with Crippen LogP contribution in [0.4, 0.5) is 0 Å². The summed E-state index contributed by atoms with van der Waals surface area (Å²) in [6, 6.07) is 14.4. The van der Waals surface area contributed by atoms with Crippen LogP contribution < -0.4 is 14.8 Å². The van der Waals surface area contributed by atoms with Gasteiger partial charge < -0.3 is 14.8 Å². The van der Waals surface area contributed by atoms with Gasteiger partial charge in [-0.25, -0.2) is 0 Å². The smallest absolute Gasteiger partial charge is 0.260 e. The van der Waals surface area contributed by atoms with Gasteiger partial charge in [-0.3, -0.25) is 4.79 Å². The summed E-state index contributed by atoms with van der Waals surface area (Å²) in [5.74, 6) is 1.71. The topological polar surface area (TPSA) is 47.6 Å². The molecule has 0 aliphatic heterocycles. The number of amides is 1. The van der Waals surface area contributed by atoms with Crippen LogP contribution in [0.2, 0.25) is 0 Å². The Kier molecular flexibility index (Phi) is 7.56. The van der Waals surface area contributed by atoms with Crippen molar-refractivity contribution in [3.05, 3.63) is 59.2 Å². The van der Waals surface area contributed by atoms with Gasteiger partial charge in [-0.05, 0) is 94.2 Å². The van der Waals surface area contributed by atoms with Gasteiger partial charge in [0.2, 0.25) is 0 Å². The molecule has 0 radical (unpaired) electrons. The SMILES string of the molecule is CC(C)Oc1cccc(CCCNC(=O)C(C)Oc2cccc3c2CCCC3)c1. The average Bonchev–Trinajstić information content (AvgIpc) is 2.71. The summed E-state index contributed by atoms with van der Waals surface area (Å²) in [6.07, 6.45) is 6.03. The van der Waals surface area contributed by atoms with E-state index in [-0.39, 0.29) is 12.0 Å². The Labute approximate surface area is 174 Å². The van der Waals surface area contributed by atoms with E-state index in [4.69, 9.17) is 9.47 Å². The van der Waals surface area contributed by atoms with E-state index >= 15 is 0 Å². The molecule has 0 spiro atoms. The van der Waals surface area contributed by atoms with Crippen molar-refractivity contribution in [1.29, 1.82) is 0 Å². The molecular formula is C25H33NO3. The molecule has 0 heterocycles. The summed E-state index contributed by atoms with van der Waals surface area (Å²) in [5, 5.41) is 3.00. The van der Waals surface area contributed by atoms with E-state index in [0.29, 0.717) is 6.54 Å². The van der Waals surface area contributed by atoms with Crippen LogP contribution in [0, 0.1) is 0 Å². The minimum Gasteiger partial charge on any atom is -0.491 e. The van der Waals surface area contributed by atoms with Gasteiger partial charge >= 0.3 is 0 Å². The van der Waals surface area contributed by atoms with Gasteiger partial charge in [-0.15, -0.1) is 0 Å². The lowest BCUT2D eigenvalue weighted by Crippen LogP contribution is -2.37. The number of nitrogens with one attached hydrogen (secondary N) is 1. The van der Waals surface area contributed by atoms with Crippen molar-refractivity contribution in [2.75, 3.05) is 6.54 Å². The third kappa shape index (κ3) is 6.25. The summed E-state index contributed by atoms with van der Waals surface area (Å²) in [4.78, 5) is 12.4. The van der Waals surface area contributed by atoms with Gasteiger partial charge in [0.25, 0.3) is 5.91 Å². The van der Waals surface area contributed by atoms with Crippen molar-refractivity contribution in [1.82, 2.24) is 5.32 Å². The second kappa shape index (κ2) is 10.3. The van der Waals surface area contributed by atoms with Gasteiger partial charge in [-0.2, -0.15) is 0 Å². The van der Waals surface area contributed by atoms with E-state index in [2.05, 4.69) is 23.5 Å². The number of hydrogen-bond donors (Lipinski definition) is 1. The first-order valence-corrected chi connectivity index (χ1v) is 10.8. The minimum atomic E-state index is -0.494. The first-order chi connectivity index (χ1) is 14.0. The van der Waals surface area contributed by atoms with Crippen LogP contribution in [-0.2, 0) is 24.1 Å². The molecule has 1 aliphatic carbocycles. The van der Waals surface area contributed by atoms with Crippen LogP contribution in [0.25, 0.3) is 0 Å². The number of carbonyl (C=O) groups is 1. The van der Waals surface area contributed by atoms with Crippen molar-refractivity contribution in [2.24, 2.45) is 0 Å². The Morgan fingerprint density at radius 3 is 2.66 bits per heavy atom. The lowest BCUT2D eigenvalue weighted by Gasteiger charge is -2.22. The molecular weight excluding hydrogens is 362 g/mol. The maximum atomic E-state index is 12.4. The van der Waals surface area contributed by atoms with Crippen LogP contribution in [0.15, 0.2) is 42.5 Å². The highest BCUT2D eigenvalue weighted by Gasteiger charge is 2.19. The lowest BCUT2D eigenvalue weighted by atomic mass is 9.91. The predicted octanol–water partition coefficient (Wildman–Crippen LogP) is 4.87. The fraction of sp³-hybridized carbons (Fsp3) is 0.480. The van der Waals surface area contributed by atoms with Crippen LogP contribution in [0.3, 0.4) is 0 Å². The number of carbonyl (C=O) groups excluding carboxylic acids is 1. The van der Waals surface area contributed by atoms with E-state index in [0.717, 1.165) is 37.2 Å². The zero-order chi connectivity index (χ0) is 20.6. The fourth-order valence-corrected chi connectivity index (χ4v) is 3.79. The molecule has 0 fully saturated rings. The molecule has 0 aromatic heterocycles. The molecule has 1 amide bonds. The minimum absolute atomic E-state index is 0.0599. The predicted molar refractivity (Wildman–Crippen MR) is 117 cm³/mol. The number of ether oxygens (including phenoxy) is 2. The summed E-state index contributed by atoms with van der Waals surface area (Å²) in [6.45, 7) is 6.51. The molecule has 1 aliphatic rings. The van der Waals surface area contributed by atoms with Gasteiger partial charge in [0.15, 0.2) is 6.10 Å². The Morgan fingerprint density at radius 2 is 1.83 bits per heavy atom. The molecule has 4 nitrogen and oxygen atoms in total. The summed E-state index contributed by atoms with van der Waals surface area (Å²) < 4.78 is 11.8. The maximum Gasteiger partial charge on any atom is 0.260 e. The molecule has 1 N–H and O–H groups in total. The quantitative estimate of drug-likeness (QED) is 0.616. The fourth-order valence-electron chi connectivity index (χ4n) is 3.79. The van der Waals surface area contributed by atoms with Crippen LogP contribution in [0.1, 0.15) is 56.7 Å². The highest BCUT2D eigenvalue weighted by Crippen LogP contribution is 2.30. The summed E-state index contributed by atoms with van der Waals surface area (Å²) in [7, 11) is 0. The number of benzene rings is 2. The van der Waals surface area contributed by atoms with E-state index < -0.39 is 6.10 Å². The number of aryl methyl sites for hydroxylation is 2. The van der Waals surface area contributed by atoms with Crippen molar-refractivity contribution < 1.29 is 14.3 Å². The molecule has 29 heavy (non-hydrogen) atoms. The zero-order valence-corrected chi connectivity index (χ0v) is 17.9. The molecule has 2 aromatic rings.